The van der Waals surface area contributed by atoms with E-state index in [2.05, 4.69) is 130 Å². The van der Waals surface area contributed by atoms with Crippen LogP contribution in [0.1, 0.15) is 239 Å². The van der Waals surface area contributed by atoms with Gasteiger partial charge in [0, 0.05) is 19.3 Å². The minimum absolute atomic E-state index is 0.111. The lowest BCUT2D eigenvalue weighted by Gasteiger charge is -2.18. The molecule has 0 aliphatic rings. The number of unbranched alkanes of at least 4 members (excludes halogenated alkanes) is 19. The summed E-state index contributed by atoms with van der Waals surface area (Å²) in [5, 5.41) is 0. The summed E-state index contributed by atoms with van der Waals surface area (Å²) in [6, 6.07) is 0. The van der Waals surface area contributed by atoms with Gasteiger partial charge in [-0.15, -0.1) is 0 Å². The van der Waals surface area contributed by atoms with Crippen LogP contribution in [0.5, 0.6) is 0 Å². The van der Waals surface area contributed by atoms with Gasteiger partial charge in [0.1, 0.15) is 13.2 Å². The van der Waals surface area contributed by atoms with Crippen molar-refractivity contribution >= 4 is 17.9 Å². The Kier molecular flexibility index (Phi) is 51.5. The number of allylic oxidation sites excluding steroid dienone is 18. The van der Waals surface area contributed by atoms with Crippen molar-refractivity contribution < 1.29 is 28.6 Å². The minimum atomic E-state index is -0.811. The SMILES string of the molecule is CC/C=C\C/C=C\C/C=C\C/C=C\C/C=C\CCCCCC(=O)OC[C@H](COC(=O)CCCC/C=C\C/C=C\C/C=C\CCCCC)OC(=O)CCCCCCCCC/C=C\CCCCCC. The maximum atomic E-state index is 12.8. The molecule has 6 heteroatoms. The van der Waals surface area contributed by atoms with Gasteiger partial charge < -0.3 is 14.2 Å². The molecule has 0 spiro atoms. The predicted octanol–water partition coefficient (Wildman–Crippen LogP) is 18.3. The molecule has 0 aliphatic carbocycles. The Morgan fingerprint density at radius 1 is 0.313 bits per heavy atom. The van der Waals surface area contributed by atoms with Gasteiger partial charge in [-0.25, -0.2) is 0 Å². The number of rotatable bonds is 48. The first-order valence-electron chi connectivity index (χ1n) is 27.4. The molecule has 0 amide bonds. The fraction of sp³-hybridized carbons (Fsp3) is 0.656. The third-order valence-corrected chi connectivity index (χ3v) is 11.2. The van der Waals surface area contributed by atoms with Gasteiger partial charge >= 0.3 is 17.9 Å². The van der Waals surface area contributed by atoms with E-state index in [4.69, 9.17) is 14.2 Å². The zero-order chi connectivity index (χ0) is 48.6. The third-order valence-electron chi connectivity index (χ3n) is 11.2. The molecule has 0 rings (SSSR count). The quantitative estimate of drug-likeness (QED) is 0.0262. The zero-order valence-electron chi connectivity index (χ0n) is 43.4. The first-order valence-corrected chi connectivity index (χ1v) is 27.4. The Balaban J connectivity index is 4.52. The second-order valence-corrected chi connectivity index (χ2v) is 17.7. The molecule has 0 aliphatic heterocycles. The zero-order valence-corrected chi connectivity index (χ0v) is 43.4. The van der Waals surface area contributed by atoms with Crippen molar-refractivity contribution in [1.82, 2.24) is 0 Å². The summed E-state index contributed by atoms with van der Waals surface area (Å²) in [6.45, 7) is 6.41. The van der Waals surface area contributed by atoms with Crippen LogP contribution in [-0.4, -0.2) is 37.2 Å². The molecule has 0 aromatic carbocycles. The van der Waals surface area contributed by atoms with Crippen molar-refractivity contribution in [2.45, 2.75) is 245 Å². The van der Waals surface area contributed by atoms with Crippen molar-refractivity contribution in [3.05, 3.63) is 109 Å². The summed E-state index contributed by atoms with van der Waals surface area (Å²) in [5.41, 5.74) is 0. The molecule has 0 radical (unpaired) electrons. The highest BCUT2D eigenvalue weighted by Gasteiger charge is 2.19. The lowest BCUT2D eigenvalue weighted by molar-refractivity contribution is -0.167. The van der Waals surface area contributed by atoms with Crippen molar-refractivity contribution in [1.29, 1.82) is 0 Å². The van der Waals surface area contributed by atoms with E-state index in [-0.39, 0.29) is 31.1 Å². The van der Waals surface area contributed by atoms with Gasteiger partial charge in [-0.1, -0.05) is 201 Å². The molecule has 6 nitrogen and oxygen atoms in total. The van der Waals surface area contributed by atoms with E-state index >= 15 is 0 Å². The van der Waals surface area contributed by atoms with Gasteiger partial charge in [0.05, 0.1) is 0 Å². The van der Waals surface area contributed by atoms with Crippen molar-refractivity contribution in [2.24, 2.45) is 0 Å². The molecule has 0 saturated heterocycles. The summed E-state index contributed by atoms with van der Waals surface area (Å²) >= 11 is 0. The van der Waals surface area contributed by atoms with E-state index in [1.165, 1.54) is 89.9 Å². The molecular formula is C61H100O6. The summed E-state index contributed by atoms with van der Waals surface area (Å²) in [4.78, 5) is 38.1. The number of esters is 3. The number of ether oxygens (including phenoxy) is 3. The van der Waals surface area contributed by atoms with Crippen LogP contribution in [0.25, 0.3) is 0 Å². The average molecular weight is 929 g/mol. The maximum Gasteiger partial charge on any atom is 0.306 e. The van der Waals surface area contributed by atoms with E-state index < -0.39 is 6.10 Å². The molecule has 0 unspecified atom stereocenters. The molecule has 0 aromatic heterocycles. The normalized spacial score (nSPS) is 12.9. The van der Waals surface area contributed by atoms with E-state index in [0.717, 1.165) is 109 Å². The molecule has 0 N–H and O–H groups in total. The van der Waals surface area contributed by atoms with Crippen molar-refractivity contribution in [2.75, 3.05) is 13.2 Å². The topological polar surface area (TPSA) is 78.9 Å². The first kappa shape index (κ1) is 63.1. The maximum absolute atomic E-state index is 12.8. The Labute approximate surface area is 412 Å². The van der Waals surface area contributed by atoms with Crippen LogP contribution < -0.4 is 0 Å². The van der Waals surface area contributed by atoms with Gasteiger partial charge in [-0.2, -0.15) is 0 Å². The molecule has 380 valence electrons. The Bertz CT molecular complexity index is 1390. The van der Waals surface area contributed by atoms with Gasteiger partial charge in [0.25, 0.3) is 0 Å². The van der Waals surface area contributed by atoms with Crippen LogP contribution in [0.15, 0.2) is 109 Å². The van der Waals surface area contributed by atoms with E-state index in [0.29, 0.717) is 19.3 Å². The summed E-state index contributed by atoms with van der Waals surface area (Å²) in [5.74, 6) is -0.985. The third kappa shape index (κ3) is 52.9. The molecular weight excluding hydrogens is 829 g/mol. The standard InChI is InChI=1S/C61H100O6/c1-4-7-10-13-16-19-22-25-28-29-30-31-34-36-39-42-45-48-51-54-60(63)66-57-58(67-61(64)55-52-49-46-43-40-37-33-27-24-21-18-15-12-9-6-3)56-65-59(62)53-50-47-44-41-38-35-32-26-23-20-17-14-11-8-5-2/h7,10,16-17,19-21,24-26,28,30-32,36,38-39,41,58H,4-6,8-9,11-15,18,22-23,27,29,33-35,37,40,42-57H2,1-3H3/b10-7-,19-16-,20-17-,24-21-,28-25-,31-30-,32-26-,39-36-,41-38-/t58-/m0/s1. The van der Waals surface area contributed by atoms with Gasteiger partial charge in [0.2, 0.25) is 0 Å². The highest BCUT2D eigenvalue weighted by Crippen LogP contribution is 2.13. The van der Waals surface area contributed by atoms with E-state index in [9.17, 15) is 14.4 Å². The monoisotopic (exact) mass is 929 g/mol. The second-order valence-electron chi connectivity index (χ2n) is 17.7. The lowest BCUT2D eigenvalue weighted by Crippen LogP contribution is -2.30. The van der Waals surface area contributed by atoms with Gasteiger partial charge in [0.15, 0.2) is 6.10 Å². The highest BCUT2D eigenvalue weighted by atomic mass is 16.6. The Morgan fingerprint density at radius 3 is 1.00 bits per heavy atom. The van der Waals surface area contributed by atoms with Crippen LogP contribution in [0.4, 0.5) is 0 Å². The van der Waals surface area contributed by atoms with Crippen LogP contribution in [-0.2, 0) is 28.6 Å². The second kappa shape index (κ2) is 54.7. The van der Waals surface area contributed by atoms with Crippen LogP contribution in [0.3, 0.4) is 0 Å². The number of carbonyl (C=O) groups is 3. The van der Waals surface area contributed by atoms with E-state index in [1.54, 1.807) is 0 Å². The van der Waals surface area contributed by atoms with Crippen molar-refractivity contribution in [3.63, 3.8) is 0 Å². The lowest BCUT2D eigenvalue weighted by atomic mass is 10.1. The predicted molar refractivity (Wildman–Crippen MR) is 288 cm³/mol. The fourth-order valence-corrected chi connectivity index (χ4v) is 7.12. The Hall–Kier alpha value is -3.93. The highest BCUT2D eigenvalue weighted by molar-refractivity contribution is 5.71. The van der Waals surface area contributed by atoms with Gasteiger partial charge in [-0.05, 0) is 128 Å². The molecule has 0 fully saturated rings. The molecule has 0 heterocycles. The molecule has 0 bridgehead atoms. The Morgan fingerprint density at radius 2 is 0.582 bits per heavy atom. The molecule has 1 atom stereocenters. The number of hydrogen-bond donors (Lipinski definition) is 0. The van der Waals surface area contributed by atoms with Crippen LogP contribution >= 0.6 is 0 Å². The van der Waals surface area contributed by atoms with Gasteiger partial charge in [-0.3, -0.25) is 14.4 Å². The molecule has 0 aromatic rings. The minimum Gasteiger partial charge on any atom is -0.462 e. The summed E-state index contributed by atoms with van der Waals surface area (Å²) in [7, 11) is 0. The molecule has 0 saturated carbocycles. The van der Waals surface area contributed by atoms with Crippen LogP contribution in [0.2, 0.25) is 0 Å². The van der Waals surface area contributed by atoms with Crippen molar-refractivity contribution in [3.8, 4) is 0 Å². The average Bonchev–Trinajstić information content (AvgIpc) is 3.33. The largest absolute Gasteiger partial charge is 0.462 e. The summed E-state index contributed by atoms with van der Waals surface area (Å²) < 4.78 is 16.8. The number of carbonyl (C=O) groups excluding carboxylic acids is 3. The smallest absolute Gasteiger partial charge is 0.306 e. The van der Waals surface area contributed by atoms with E-state index in [1.807, 2.05) is 0 Å². The summed E-state index contributed by atoms with van der Waals surface area (Å²) in [6.07, 6.45) is 73.6. The van der Waals surface area contributed by atoms with Crippen LogP contribution in [0, 0.1) is 0 Å². The first-order chi connectivity index (χ1) is 33.0. The number of hydrogen-bond acceptors (Lipinski definition) is 6. The molecule has 67 heavy (non-hydrogen) atoms. The fourth-order valence-electron chi connectivity index (χ4n) is 7.12.